The fourth-order valence-electron chi connectivity index (χ4n) is 2.32. The second kappa shape index (κ2) is 10.9. The summed E-state index contributed by atoms with van der Waals surface area (Å²) in [6.07, 6.45) is 0.173. The largest absolute Gasteiger partial charge is 0.506 e. The molecule has 1 heterocycles. The van der Waals surface area contributed by atoms with E-state index in [1.165, 1.54) is 27.0 Å². The molecule has 0 bridgehead atoms. The molecular formula is C21H26N2O7. The van der Waals surface area contributed by atoms with Gasteiger partial charge in [0.2, 0.25) is 11.8 Å². The first kappa shape index (κ1) is 22.8. The Balaban J connectivity index is 0.000000222. The Labute approximate surface area is 174 Å². The zero-order chi connectivity index (χ0) is 22.1. The van der Waals surface area contributed by atoms with E-state index in [-0.39, 0.29) is 23.7 Å². The van der Waals surface area contributed by atoms with Gasteiger partial charge in [-0.05, 0) is 24.3 Å². The van der Waals surface area contributed by atoms with Gasteiger partial charge in [0.15, 0.2) is 0 Å². The second-order valence-electron chi connectivity index (χ2n) is 6.37. The number of aromatic hydroxyl groups is 1. The molecule has 2 aromatic rings. The molecule has 3 rings (SSSR count). The Kier molecular flexibility index (Phi) is 8.30. The molecule has 0 aromatic heterocycles. The van der Waals surface area contributed by atoms with Crippen molar-refractivity contribution >= 4 is 23.2 Å². The van der Waals surface area contributed by atoms with E-state index in [0.29, 0.717) is 35.2 Å². The maximum Gasteiger partial charge on any atom is 0.221 e. The van der Waals surface area contributed by atoms with Crippen molar-refractivity contribution in [1.29, 1.82) is 0 Å². The Morgan fingerprint density at radius 2 is 1.53 bits per heavy atom. The topological polar surface area (TPSA) is 119 Å². The zero-order valence-electron chi connectivity index (χ0n) is 17.4. The van der Waals surface area contributed by atoms with Gasteiger partial charge in [0, 0.05) is 26.0 Å². The van der Waals surface area contributed by atoms with Crippen LogP contribution in [0.4, 0.5) is 11.4 Å². The van der Waals surface area contributed by atoms with Crippen LogP contribution in [0, 0.1) is 0 Å². The van der Waals surface area contributed by atoms with Crippen molar-refractivity contribution in [3.8, 4) is 23.0 Å². The van der Waals surface area contributed by atoms with Crippen LogP contribution in [-0.4, -0.2) is 50.5 Å². The van der Waals surface area contributed by atoms with Crippen molar-refractivity contribution < 1.29 is 33.6 Å². The van der Waals surface area contributed by atoms with Crippen LogP contribution in [0.5, 0.6) is 23.0 Å². The van der Waals surface area contributed by atoms with E-state index in [1.807, 2.05) is 0 Å². The molecule has 3 N–H and O–H groups in total. The Morgan fingerprint density at radius 1 is 1.00 bits per heavy atom. The van der Waals surface area contributed by atoms with Gasteiger partial charge in [0.05, 0.1) is 32.2 Å². The smallest absolute Gasteiger partial charge is 0.221 e. The summed E-state index contributed by atoms with van der Waals surface area (Å²) >= 11 is 0. The van der Waals surface area contributed by atoms with E-state index in [0.717, 1.165) is 6.61 Å². The lowest BCUT2D eigenvalue weighted by molar-refractivity contribution is -0.115. The molecule has 1 saturated heterocycles. The molecule has 2 aromatic carbocycles. The number of ether oxygens (including phenoxy) is 4. The molecule has 0 aliphatic carbocycles. The summed E-state index contributed by atoms with van der Waals surface area (Å²) in [5.41, 5.74) is 1.02. The third kappa shape index (κ3) is 7.51. The van der Waals surface area contributed by atoms with Gasteiger partial charge in [-0.15, -0.1) is 0 Å². The minimum absolute atomic E-state index is 0.00505. The predicted molar refractivity (Wildman–Crippen MR) is 111 cm³/mol. The van der Waals surface area contributed by atoms with Gasteiger partial charge in [-0.1, -0.05) is 0 Å². The maximum atomic E-state index is 11.0. The van der Waals surface area contributed by atoms with Gasteiger partial charge in [0.1, 0.15) is 35.7 Å². The summed E-state index contributed by atoms with van der Waals surface area (Å²) in [5.74, 6) is 1.46. The van der Waals surface area contributed by atoms with Crippen LogP contribution in [-0.2, 0) is 14.3 Å². The number of epoxide rings is 1. The first-order chi connectivity index (χ1) is 14.3. The lowest BCUT2D eigenvalue weighted by atomic mass is 10.2. The van der Waals surface area contributed by atoms with E-state index in [9.17, 15) is 14.7 Å². The number of phenolic OH excluding ortho intramolecular Hbond substituents is 1. The highest BCUT2D eigenvalue weighted by atomic mass is 16.6. The van der Waals surface area contributed by atoms with Crippen LogP contribution >= 0.6 is 0 Å². The number of hydrogen-bond acceptors (Lipinski definition) is 7. The summed E-state index contributed by atoms with van der Waals surface area (Å²) in [6, 6.07) is 9.94. The van der Waals surface area contributed by atoms with Crippen LogP contribution in [0.3, 0.4) is 0 Å². The number of amides is 2. The summed E-state index contributed by atoms with van der Waals surface area (Å²) in [4.78, 5) is 21.7. The van der Waals surface area contributed by atoms with E-state index in [1.54, 1.807) is 37.4 Å². The molecule has 30 heavy (non-hydrogen) atoms. The van der Waals surface area contributed by atoms with Crippen molar-refractivity contribution in [2.75, 3.05) is 38.1 Å². The maximum absolute atomic E-state index is 11.0. The highest BCUT2D eigenvalue weighted by Gasteiger charge is 2.23. The van der Waals surface area contributed by atoms with Crippen molar-refractivity contribution in [1.82, 2.24) is 0 Å². The van der Waals surface area contributed by atoms with E-state index >= 15 is 0 Å². The van der Waals surface area contributed by atoms with Crippen LogP contribution in [0.1, 0.15) is 13.8 Å². The molecule has 1 fully saturated rings. The number of carbonyl (C=O) groups excluding carboxylic acids is 2. The molecule has 0 unspecified atom stereocenters. The predicted octanol–water partition coefficient (Wildman–Crippen LogP) is 2.79. The van der Waals surface area contributed by atoms with Crippen molar-refractivity contribution in [2.45, 2.75) is 20.0 Å². The number of nitrogens with one attached hydrogen (secondary N) is 2. The van der Waals surface area contributed by atoms with E-state index in [2.05, 4.69) is 10.6 Å². The average molecular weight is 418 g/mol. The molecule has 9 heteroatoms. The third-order valence-electron chi connectivity index (χ3n) is 3.84. The summed E-state index contributed by atoms with van der Waals surface area (Å²) in [7, 11) is 3.09. The molecule has 0 spiro atoms. The summed E-state index contributed by atoms with van der Waals surface area (Å²) < 4.78 is 20.6. The number of hydrogen-bond donors (Lipinski definition) is 3. The van der Waals surface area contributed by atoms with Crippen LogP contribution in [0.25, 0.3) is 0 Å². The van der Waals surface area contributed by atoms with Gasteiger partial charge in [-0.2, -0.15) is 0 Å². The van der Waals surface area contributed by atoms with Crippen LogP contribution < -0.4 is 24.8 Å². The van der Waals surface area contributed by atoms with E-state index < -0.39 is 0 Å². The molecule has 2 amide bonds. The average Bonchev–Trinajstić information content (AvgIpc) is 3.53. The fourth-order valence-corrected chi connectivity index (χ4v) is 2.32. The number of anilines is 2. The SMILES string of the molecule is COc1ccc(NC(C)=O)c(O)c1.COc1ccc(NC(C)=O)c(OC[C@@H]2CO2)c1. The molecule has 1 atom stereocenters. The van der Waals surface area contributed by atoms with Crippen molar-refractivity contribution in [3.63, 3.8) is 0 Å². The second-order valence-corrected chi connectivity index (χ2v) is 6.37. The van der Waals surface area contributed by atoms with Gasteiger partial charge in [-0.25, -0.2) is 0 Å². The highest BCUT2D eigenvalue weighted by Crippen LogP contribution is 2.30. The lowest BCUT2D eigenvalue weighted by Crippen LogP contribution is -2.10. The van der Waals surface area contributed by atoms with Crippen LogP contribution in [0.15, 0.2) is 36.4 Å². The number of benzene rings is 2. The van der Waals surface area contributed by atoms with Gasteiger partial charge in [-0.3, -0.25) is 9.59 Å². The third-order valence-corrected chi connectivity index (χ3v) is 3.84. The number of carbonyl (C=O) groups is 2. The fraction of sp³-hybridized carbons (Fsp3) is 0.333. The number of phenols is 1. The molecule has 9 nitrogen and oxygen atoms in total. The van der Waals surface area contributed by atoms with Crippen molar-refractivity contribution in [2.24, 2.45) is 0 Å². The number of methoxy groups -OCH3 is 2. The molecule has 0 radical (unpaired) electrons. The molecule has 1 aliphatic rings. The monoisotopic (exact) mass is 418 g/mol. The van der Waals surface area contributed by atoms with Gasteiger partial charge >= 0.3 is 0 Å². The lowest BCUT2D eigenvalue weighted by Gasteiger charge is -2.12. The zero-order valence-corrected chi connectivity index (χ0v) is 17.4. The Bertz CT molecular complexity index is 882. The molecule has 1 aliphatic heterocycles. The first-order valence-corrected chi connectivity index (χ1v) is 9.17. The first-order valence-electron chi connectivity index (χ1n) is 9.17. The van der Waals surface area contributed by atoms with Crippen LogP contribution in [0.2, 0.25) is 0 Å². The quantitative estimate of drug-likeness (QED) is 0.467. The van der Waals surface area contributed by atoms with E-state index in [4.69, 9.17) is 18.9 Å². The van der Waals surface area contributed by atoms with Gasteiger partial charge in [0.25, 0.3) is 0 Å². The minimum atomic E-state index is -0.222. The normalized spacial score (nSPS) is 13.9. The van der Waals surface area contributed by atoms with Crippen molar-refractivity contribution in [3.05, 3.63) is 36.4 Å². The molecule has 162 valence electrons. The molecular weight excluding hydrogens is 392 g/mol. The molecule has 0 saturated carbocycles. The summed E-state index contributed by atoms with van der Waals surface area (Å²) in [6.45, 7) is 4.06. The summed E-state index contributed by atoms with van der Waals surface area (Å²) in [5, 5.41) is 14.6. The minimum Gasteiger partial charge on any atom is -0.506 e. The standard InChI is InChI=1S/C12H15NO4.C9H11NO3/c1-8(14)13-11-4-3-9(15-2)5-12(11)17-7-10-6-16-10;1-6(11)10-8-4-3-7(13-2)5-9(8)12/h3-5,10H,6-7H2,1-2H3,(H,13,14);3-5,12H,1-2H3,(H,10,11)/t10-;/m0./s1. The highest BCUT2D eigenvalue weighted by molar-refractivity contribution is 5.91. The Hall–Kier alpha value is -3.46. The Morgan fingerprint density at radius 3 is 2.03 bits per heavy atom. The number of rotatable bonds is 7. The van der Waals surface area contributed by atoms with Gasteiger partial charge < -0.3 is 34.7 Å².